The van der Waals surface area contributed by atoms with Crippen molar-refractivity contribution < 1.29 is 23.9 Å². The minimum atomic E-state index is -0.618. The largest absolute Gasteiger partial charge is 0.466 e. The number of esters is 2. The van der Waals surface area contributed by atoms with Gasteiger partial charge in [0.15, 0.2) is 0 Å². The van der Waals surface area contributed by atoms with E-state index in [1.165, 1.54) is 20.8 Å². The summed E-state index contributed by atoms with van der Waals surface area (Å²) >= 11 is 0. The zero-order chi connectivity index (χ0) is 19.3. The zero-order valence-corrected chi connectivity index (χ0v) is 15.8. The minimum Gasteiger partial charge on any atom is -0.466 e. The van der Waals surface area contributed by atoms with Gasteiger partial charge in [0.25, 0.3) is 0 Å². The van der Waals surface area contributed by atoms with Gasteiger partial charge in [-0.3, -0.25) is 14.4 Å². The predicted octanol–water partition coefficient (Wildman–Crippen LogP) is 2.43. The molecule has 0 unspecified atom stereocenters. The Bertz CT molecular complexity index is 659. The fraction of sp³-hybridized carbons (Fsp3) is 0.550. The molecular weight excluding hydrogens is 334 g/mol. The lowest BCUT2D eigenvalue weighted by Gasteiger charge is -2.38. The molecule has 0 radical (unpaired) electrons. The van der Waals surface area contributed by atoms with E-state index < -0.39 is 5.54 Å². The molecule has 1 N–H and O–H groups in total. The maximum Gasteiger partial charge on any atom is 0.302 e. The molecule has 1 aromatic rings. The van der Waals surface area contributed by atoms with Crippen molar-refractivity contribution in [3.05, 3.63) is 35.9 Å². The Morgan fingerprint density at radius 3 is 2.15 bits per heavy atom. The van der Waals surface area contributed by atoms with Crippen molar-refractivity contribution in [1.29, 1.82) is 0 Å². The Kier molecular flexibility index (Phi) is 6.40. The van der Waals surface area contributed by atoms with Crippen LogP contribution in [-0.2, 0) is 23.9 Å². The first-order valence-corrected chi connectivity index (χ1v) is 8.84. The van der Waals surface area contributed by atoms with E-state index in [1.807, 2.05) is 37.3 Å². The van der Waals surface area contributed by atoms with Crippen molar-refractivity contribution in [2.75, 3.05) is 13.2 Å². The van der Waals surface area contributed by atoms with Crippen LogP contribution >= 0.6 is 0 Å². The summed E-state index contributed by atoms with van der Waals surface area (Å²) in [6, 6.07) is 9.86. The molecule has 142 valence electrons. The standard InChI is InChI=1S/C20H27NO5/c1-13(22)21-20(4)18(12-26-15(3)24)10-17(11-25-14(2)23)19(20)16-8-6-5-7-9-16/h5-9,17-19H,10-12H2,1-4H3,(H,21,22)/t17-,18+,19-,20-/m0/s1. The van der Waals surface area contributed by atoms with Crippen LogP contribution in [0.4, 0.5) is 0 Å². The van der Waals surface area contributed by atoms with Crippen LogP contribution in [-0.4, -0.2) is 36.6 Å². The molecule has 0 saturated heterocycles. The lowest BCUT2D eigenvalue weighted by molar-refractivity contribution is -0.143. The first-order chi connectivity index (χ1) is 12.2. The minimum absolute atomic E-state index is 0.0127. The molecule has 1 aliphatic carbocycles. The van der Waals surface area contributed by atoms with E-state index in [0.29, 0.717) is 6.42 Å². The number of ether oxygens (including phenoxy) is 2. The van der Waals surface area contributed by atoms with Crippen molar-refractivity contribution in [1.82, 2.24) is 5.32 Å². The van der Waals surface area contributed by atoms with E-state index in [1.54, 1.807) is 0 Å². The predicted molar refractivity (Wildman–Crippen MR) is 96.3 cm³/mol. The van der Waals surface area contributed by atoms with Gasteiger partial charge >= 0.3 is 11.9 Å². The molecule has 1 saturated carbocycles. The summed E-state index contributed by atoms with van der Waals surface area (Å²) in [5, 5.41) is 3.09. The molecular formula is C20H27NO5. The van der Waals surface area contributed by atoms with Gasteiger partial charge < -0.3 is 14.8 Å². The van der Waals surface area contributed by atoms with Crippen molar-refractivity contribution in [2.24, 2.45) is 11.8 Å². The number of carbonyl (C=O) groups is 3. The maximum absolute atomic E-state index is 11.9. The van der Waals surface area contributed by atoms with E-state index in [4.69, 9.17) is 9.47 Å². The number of amides is 1. The molecule has 0 heterocycles. The van der Waals surface area contributed by atoms with E-state index in [0.717, 1.165) is 5.56 Å². The molecule has 6 nitrogen and oxygen atoms in total. The third-order valence-electron chi connectivity index (χ3n) is 5.15. The third kappa shape index (κ3) is 4.62. The van der Waals surface area contributed by atoms with Gasteiger partial charge in [0.2, 0.25) is 5.91 Å². The van der Waals surface area contributed by atoms with Crippen LogP contribution < -0.4 is 5.32 Å². The fourth-order valence-electron chi connectivity index (χ4n) is 4.18. The van der Waals surface area contributed by atoms with Crippen LogP contribution in [0.5, 0.6) is 0 Å². The van der Waals surface area contributed by atoms with Crippen molar-refractivity contribution in [2.45, 2.75) is 45.6 Å². The van der Waals surface area contributed by atoms with Crippen molar-refractivity contribution in [3.63, 3.8) is 0 Å². The molecule has 4 atom stereocenters. The van der Waals surface area contributed by atoms with Crippen molar-refractivity contribution in [3.8, 4) is 0 Å². The van der Waals surface area contributed by atoms with Crippen LogP contribution in [0.2, 0.25) is 0 Å². The van der Waals surface area contributed by atoms with E-state index in [9.17, 15) is 14.4 Å². The second-order valence-electron chi connectivity index (χ2n) is 7.15. The average molecular weight is 361 g/mol. The molecule has 0 aliphatic heterocycles. The summed E-state index contributed by atoms with van der Waals surface area (Å²) in [6.45, 7) is 6.70. The quantitative estimate of drug-likeness (QED) is 0.787. The highest BCUT2D eigenvalue weighted by Crippen LogP contribution is 2.50. The fourth-order valence-corrected chi connectivity index (χ4v) is 4.18. The normalized spacial score (nSPS) is 27.6. The maximum atomic E-state index is 11.9. The third-order valence-corrected chi connectivity index (χ3v) is 5.15. The lowest BCUT2D eigenvalue weighted by atomic mass is 9.76. The van der Waals surface area contributed by atoms with Gasteiger partial charge in [0.1, 0.15) is 0 Å². The van der Waals surface area contributed by atoms with Crippen molar-refractivity contribution >= 4 is 17.8 Å². The molecule has 0 aromatic heterocycles. The summed E-state index contributed by atoms with van der Waals surface area (Å²) in [6.07, 6.45) is 0.677. The Balaban J connectivity index is 2.40. The van der Waals surface area contributed by atoms with Gasteiger partial charge in [-0.2, -0.15) is 0 Å². The Hall–Kier alpha value is -2.37. The van der Waals surface area contributed by atoms with Gasteiger partial charge in [0, 0.05) is 38.5 Å². The Labute approximate surface area is 154 Å². The average Bonchev–Trinajstić information content (AvgIpc) is 2.82. The number of nitrogens with one attached hydrogen (secondary N) is 1. The molecule has 1 fully saturated rings. The Morgan fingerprint density at radius 1 is 1.04 bits per heavy atom. The molecule has 1 amide bonds. The van der Waals surface area contributed by atoms with Gasteiger partial charge in [-0.15, -0.1) is 0 Å². The van der Waals surface area contributed by atoms with Crippen LogP contribution in [0, 0.1) is 11.8 Å². The van der Waals surface area contributed by atoms with E-state index in [-0.39, 0.29) is 48.8 Å². The number of benzene rings is 1. The second kappa shape index (κ2) is 8.34. The summed E-state index contributed by atoms with van der Waals surface area (Å²) in [5.74, 6) is -0.960. The highest BCUT2D eigenvalue weighted by Gasteiger charge is 2.53. The van der Waals surface area contributed by atoms with E-state index in [2.05, 4.69) is 5.32 Å². The SMILES string of the molecule is CC(=O)N[C@@]1(C)[C@@H](COC(C)=O)C[C@@H](COC(C)=O)[C@@H]1c1ccccc1. The van der Waals surface area contributed by atoms with Gasteiger partial charge in [-0.25, -0.2) is 0 Å². The topological polar surface area (TPSA) is 81.7 Å². The summed E-state index contributed by atoms with van der Waals surface area (Å²) < 4.78 is 10.6. The summed E-state index contributed by atoms with van der Waals surface area (Å²) in [7, 11) is 0. The molecule has 26 heavy (non-hydrogen) atoms. The first kappa shape index (κ1) is 19.9. The molecule has 0 spiro atoms. The number of hydrogen-bond donors (Lipinski definition) is 1. The van der Waals surface area contributed by atoms with E-state index >= 15 is 0 Å². The molecule has 1 aliphatic rings. The Morgan fingerprint density at radius 2 is 1.62 bits per heavy atom. The van der Waals surface area contributed by atoms with Gasteiger partial charge in [-0.1, -0.05) is 30.3 Å². The molecule has 6 heteroatoms. The van der Waals surface area contributed by atoms with Crippen LogP contribution in [0.1, 0.15) is 45.6 Å². The van der Waals surface area contributed by atoms with Crippen LogP contribution in [0.15, 0.2) is 30.3 Å². The summed E-state index contributed by atoms with van der Waals surface area (Å²) in [5.41, 5.74) is 0.444. The first-order valence-electron chi connectivity index (χ1n) is 8.84. The monoisotopic (exact) mass is 361 g/mol. The molecule has 0 bridgehead atoms. The lowest BCUT2D eigenvalue weighted by Crippen LogP contribution is -2.53. The zero-order valence-electron chi connectivity index (χ0n) is 15.8. The van der Waals surface area contributed by atoms with Crippen LogP contribution in [0.3, 0.4) is 0 Å². The second-order valence-corrected chi connectivity index (χ2v) is 7.15. The van der Waals surface area contributed by atoms with Gasteiger partial charge in [0.05, 0.1) is 18.8 Å². The number of hydrogen-bond acceptors (Lipinski definition) is 5. The molecule has 2 rings (SSSR count). The smallest absolute Gasteiger partial charge is 0.302 e. The number of carbonyl (C=O) groups excluding carboxylic acids is 3. The van der Waals surface area contributed by atoms with Gasteiger partial charge in [-0.05, 0) is 18.9 Å². The highest BCUT2D eigenvalue weighted by molar-refractivity contribution is 5.74. The van der Waals surface area contributed by atoms with Crippen LogP contribution in [0.25, 0.3) is 0 Å². The summed E-state index contributed by atoms with van der Waals surface area (Å²) in [4.78, 5) is 34.6. The highest BCUT2D eigenvalue weighted by atomic mass is 16.5. The number of rotatable bonds is 6. The molecule has 1 aromatic carbocycles.